The summed E-state index contributed by atoms with van der Waals surface area (Å²) < 4.78 is 2.98. The minimum absolute atomic E-state index is 0.0429. The van der Waals surface area contributed by atoms with Crippen LogP contribution in [0.4, 0.5) is 5.69 Å². The topological polar surface area (TPSA) is 140 Å². The normalized spacial score (nSPS) is 13.5. The Morgan fingerprint density at radius 2 is 2.07 bits per heavy atom. The fourth-order valence-electron chi connectivity index (χ4n) is 3.34. The highest BCUT2D eigenvalue weighted by Gasteiger charge is 2.27. The summed E-state index contributed by atoms with van der Waals surface area (Å²) in [5.41, 5.74) is 1.64. The summed E-state index contributed by atoms with van der Waals surface area (Å²) in [4.78, 5) is 43.7. The van der Waals surface area contributed by atoms with Gasteiger partial charge in [0, 0.05) is 17.9 Å². The third kappa shape index (κ3) is 3.05. The largest absolute Gasteiger partial charge is 0.330 e. The molecule has 1 aromatic carbocycles. The zero-order chi connectivity index (χ0) is 20.8. The molecule has 4 aromatic rings. The van der Waals surface area contributed by atoms with Gasteiger partial charge in [-0.05, 0) is 54.0 Å². The molecule has 5 rings (SSSR count). The third-order valence-corrected chi connectivity index (χ3v) is 5.02. The van der Waals surface area contributed by atoms with E-state index in [1.807, 2.05) is 13.0 Å². The van der Waals surface area contributed by atoms with Crippen LogP contribution in [0, 0.1) is 6.92 Å². The van der Waals surface area contributed by atoms with Crippen molar-refractivity contribution in [2.24, 2.45) is 0 Å². The minimum Gasteiger partial charge on any atom is -0.322 e. The number of fused-ring (bicyclic) bond motifs is 1. The number of tetrazole rings is 1. The van der Waals surface area contributed by atoms with Gasteiger partial charge in [-0.15, -0.1) is 5.10 Å². The number of amides is 1. The summed E-state index contributed by atoms with van der Waals surface area (Å²) in [5.74, 6) is -0.431. The summed E-state index contributed by atoms with van der Waals surface area (Å²) in [7, 11) is 0. The standard InChI is InChI=1S/C19H16N8O3/c1-10-2-3-12(7-15(10)26-9-21-24-25-26)22-17(28)11-6-14-16(20-8-11)27(13-4-5-13)19(30)23-18(14)29/h2-3,6-9,13H,4-5H2,1H3,(H,22,28)(H,23,29,30). The number of hydrogen-bond donors (Lipinski definition) is 2. The molecule has 1 amide bonds. The average Bonchev–Trinajstić information content (AvgIpc) is 3.41. The maximum atomic E-state index is 12.8. The second-order valence-corrected chi connectivity index (χ2v) is 7.17. The Labute approximate surface area is 168 Å². The van der Waals surface area contributed by atoms with E-state index in [1.54, 1.807) is 12.1 Å². The van der Waals surface area contributed by atoms with Gasteiger partial charge in [0.05, 0.1) is 16.6 Å². The molecule has 0 bridgehead atoms. The first-order valence-electron chi connectivity index (χ1n) is 9.31. The Kier molecular flexibility index (Phi) is 4.02. The van der Waals surface area contributed by atoms with Gasteiger partial charge in [0.1, 0.15) is 12.0 Å². The van der Waals surface area contributed by atoms with Crippen LogP contribution in [-0.2, 0) is 0 Å². The van der Waals surface area contributed by atoms with E-state index in [0.29, 0.717) is 11.3 Å². The molecule has 11 nitrogen and oxygen atoms in total. The molecular weight excluding hydrogens is 388 g/mol. The second kappa shape index (κ2) is 6.72. The Morgan fingerprint density at radius 1 is 1.23 bits per heavy atom. The number of aromatic nitrogens is 7. The van der Waals surface area contributed by atoms with Crippen LogP contribution in [0.5, 0.6) is 0 Å². The lowest BCUT2D eigenvalue weighted by Crippen LogP contribution is -2.30. The number of benzene rings is 1. The lowest BCUT2D eigenvalue weighted by atomic mass is 10.1. The van der Waals surface area contributed by atoms with Gasteiger partial charge in [-0.3, -0.25) is 19.1 Å². The highest BCUT2D eigenvalue weighted by Crippen LogP contribution is 2.34. The number of pyridine rings is 1. The van der Waals surface area contributed by atoms with E-state index in [1.165, 1.54) is 27.8 Å². The van der Waals surface area contributed by atoms with E-state index in [9.17, 15) is 14.4 Å². The van der Waals surface area contributed by atoms with Crippen LogP contribution in [0.2, 0.25) is 0 Å². The Morgan fingerprint density at radius 3 is 2.80 bits per heavy atom. The molecule has 0 saturated heterocycles. The lowest BCUT2D eigenvalue weighted by Gasteiger charge is -2.11. The second-order valence-electron chi connectivity index (χ2n) is 7.17. The summed E-state index contributed by atoms with van der Waals surface area (Å²) in [5, 5.41) is 14.1. The number of rotatable bonds is 4. The number of carbonyl (C=O) groups excluding carboxylic acids is 1. The number of carbonyl (C=O) groups is 1. The van der Waals surface area contributed by atoms with Crippen molar-refractivity contribution >= 4 is 22.6 Å². The first kappa shape index (κ1) is 17.9. The van der Waals surface area contributed by atoms with Gasteiger partial charge in [-0.25, -0.2) is 14.5 Å². The van der Waals surface area contributed by atoms with E-state index in [-0.39, 0.29) is 17.0 Å². The van der Waals surface area contributed by atoms with E-state index in [2.05, 4.69) is 30.8 Å². The number of aryl methyl sites for hydroxylation is 1. The van der Waals surface area contributed by atoms with Gasteiger partial charge in [-0.1, -0.05) is 6.07 Å². The zero-order valence-electron chi connectivity index (χ0n) is 15.9. The molecule has 3 heterocycles. The SMILES string of the molecule is Cc1ccc(NC(=O)c2cnc3c(c2)c(=O)[nH]c(=O)n3C2CC2)cc1-n1cnnn1. The van der Waals surface area contributed by atoms with Crippen molar-refractivity contribution in [1.82, 2.24) is 34.7 Å². The molecule has 30 heavy (non-hydrogen) atoms. The van der Waals surface area contributed by atoms with Crippen molar-refractivity contribution < 1.29 is 4.79 Å². The van der Waals surface area contributed by atoms with Gasteiger partial charge < -0.3 is 5.32 Å². The number of anilines is 1. The van der Waals surface area contributed by atoms with E-state index in [0.717, 1.165) is 24.1 Å². The molecule has 0 radical (unpaired) electrons. The summed E-state index contributed by atoms with van der Waals surface area (Å²) in [6, 6.07) is 6.83. The molecule has 150 valence electrons. The van der Waals surface area contributed by atoms with Crippen LogP contribution < -0.4 is 16.6 Å². The van der Waals surface area contributed by atoms with Crippen LogP contribution in [0.1, 0.15) is 34.8 Å². The van der Waals surface area contributed by atoms with Crippen LogP contribution in [-0.4, -0.2) is 40.6 Å². The molecule has 0 unspecified atom stereocenters. The van der Waals surface area contributed by atoms with Crippen molar-refractivity contribution in [3.8, 4) is 5.69 Å². The lowest BCUT2D eigenvalue weighted by molar-refractivity contribution is 0.102. The minimum atomic E-state index is -0.564. The van der Waals surface area contributed by atoms with Crippen LogP contribution in [0.25, 0.3) is 16.7 Å². The Bertz CT molecular complexity index is 1400. The quantitative estimate of drug-likeness (QED) is 0.516. The van der Waals surface area contributed by atoms with E-state index in [4.69, 9.17) is 0 Å². The highest BCUT2D eigenvalue weighted by molar-refractivity contribution is 6.05. The zero-order valence-corrected chi connectivity index (χ0v) is 15.9. The van der Waals surface area contributed by atoms with Crippen LogP contribution in [0.15, 0.2) is 46.4 Å². The fourth-order valence-corrected chi connectivity index (χ4v) is 3.34. The maximum absolute atomic E-state index is 12.8. The predicted molar refractivity (Wildman–Crippen MR) is 107 cm³/mol. The first-order chi connectivity index (χ1) is 14.5. The van der Waals surface area contributed by atoms with Gasteiger partial charge >= 0.3 is 5.69 Å². The van der Waals surface area contributed by atoms with Gasteiger partial charge in [0.2, 0.25) is 0 Å². The van der Waals surface area contributed by atoms with Crippen molar-refractivity contribution in [3.63, 3.8) is 0 Å². The molecule has 11 heteroatoms. The number of hydrogen-bond acceptors (Lipinski definition) is 7. The Balaban J connectivity index is 1.49. The smallest absolute Gasteiger partial charge is 0.322 e. The molecule has 2 N–H and O–H groups in total. The monoisotopic (exact) mass is 404 g/mol. The van der Waals surface area contributed by atoms with E-state index < -0.39 is 17.2 Å². The van der Waals surface area contributed by atoms with E-state index >= 15 is 0 Å². The van der Waals surface area contributed by atoms with Crippen molar-refractivity contribution in [2.75, 3.05) is 5.32 Å². The molecule has 1 aliphatic rings. The third-order valence-electron chi connectivity index (χ3n) is 5.02. The highest BCUT2D eigenvalue weighted by atomic mass is 16.2. The van der Waals surface area contributed by atoms with Crippen molar-refractivity contribution in [2.45, 2.75) is 25.8 Å². The Hall–Kier alpha value is -4.15. The number of nitrogens with zero attached hydrogens (tertiary/aromatic N) is 6. The fraction of sp³-hybridized carbons (Fsp3) is 0.211. The molecule has 1 saturated carbocycles. The van der Waals surface area contributed by atoms with Crippen LogP contribution in [0.3, 0.4) is 0 Å². The number of H-pyrrole nitrogens is 1. The molecule has 1 aliphatic carbocycles. The maximum Gasteiger partial charge on any atom is 0.330 e. The number of nitrogens with one attached hydrogen (secondary N) is 2. The summed E-state index contributed by atoms with van der Waals surface area (Å²) >= 11 is 0. The van der Waals surface area contributed by atoms with Crippen LogP contribution >= 0.6 is 0 Å². The molecular formula is C19H16N8O3. The summed E-state index contributed by atoms with van der Waals surface area (Å²) in [6.07, 6.45) is 4.56. The molecule has 3 aromatic heterocycles. The van der Waals surface area contributed by atoms with Crippen molar-refractivity contribution in [3.05, 3.63) is 68.8 Å². The van der Waals surface area contributed by atoms with Crippen molar-refractivity contribution in [1.29, 1.82) is 0 Å². The molecule has 0 aliphatic heterocycles. The van der Waals surface area contributed by atoms with Gasteiger partial charge in [0.25, 0.3) is 11.5 Å². The molecule has 1 fully saturated rings. The molecule has 0 atom stereocenters. The number of aromatic amines is 1. The van der Waals surface area contributed by atoms with Gasteiger partial charge in [-0.2, -0.15) is 0 Å². The molecule has 0 spiro atoms. The summed E-state index contributed by atoms with van der Waals surface area (Å²) in [6.45, 7) is 1.90. The first-order valence-corrected chi connectivity index (χ1v) is 9.31. The predicted octanol–water partition coefficient (Wildman–Crippen LogP) is 0.956. The average molecular weight is 404 g/mol. The van der Waals surface area contributed by atoms with Gasteiger partial charge in [0.15, 0.2) is 0 Å².